The van der Waals surface area contributed by atoms with Crippen LogP contribution in [0.1, 0.15) is 56.7 Å². The molecule has 1 nitrogen and oxygen atoms in total. The van der Waals surface area contributed by atoms with E-state index in [4.69, 9.17) is 0 Å². The topological polar surface area (TPSA) is 12.0 Å². The van der Waals surface area contributed by atoms with Crippen molar-refractivity contribution in [2.24, 2.45) is 16.7 Å². The minimum atomic E-state index is 0.482. The fourth-order valence-electron chi connectivity index (χ4n) is 4.75. The summed E-state index contributed by atoms with van der Waals surface area (Å²) in [7, 11) is 0. The first-order chi connectivity index (χ1) is 9.36. The summed E-state index contributed by atoms with van der Waals surface area (Å²) in [5.41, 5.74) is 5.31. The number of benzene rings is 1. The van der Waals surface area contributed by atoms with E-state index in [1.807, 2.05) is 0 Å². The van der Waals surface area contributed by atoms with Crippen molar-refractivity contribution in [3.05, 3.63) is 34.9 Å². The molecule has 0 spiro atoms. The average Bonchev–Trinajstić information content (AvgIpc) is 2.73. The molecule has 1 aromatic carbocycles. The zero-order valence-electron chi connectivity index (χ0n) is 13.7. The van der Waals surface area contributed by atoms with Crippen LogP contribution in [0.25, 0.3) is 0 Å². The molecule has 2 aliphatic carbocycles. The molecule has 0 saturated heterocycles. The van der Waals surface area contributed by atoms with Crippen molar-refractivity contribution >= 4 is 0 Å². The number of hydrogen-bond donors (Lipinski definition) is 1. The van der Waals surface area contributed by atoms with Gasteiger partial charge in [0.2, 0.25) is 0 Å². The third-order valence-corrected chi connectivity index (χ3v) is 7.05. The van der Waals surface area contributed by atoms with Crippen LogP contribution in [0.5, 0.6) is 0 Å². The second kappa shape index (κ2) is 4.59. The van der Waals surface area contributed by atoms with Gasteiger partial charge in [-0.1, -0.05) is 39.0 Å². The Morgan fingerprint density at radius 3 is 2.55 bits per heavy atom. The van der Waals surface area contributed by atoms with E-state index >= 15 is 0 Å². The third kappa shape index (κ3) is 1.86. The summed E-state index contributed by atoms with van der Waals surface area (Å²) in [6.45, 7) is 13.0. The predicted molar refractivity (Wildman–Crippen MR) is 85.8 cm³/mol. The lowest BCUT2D eigenvalue weighted by Gasteiger charge is -2.39. The van der Waals surface area contributed by atoms with Crippen LogP contribution in [0.2, 0.25) is 0 Å². The Morgan fingerprint density at radius 2 is 1.95 bits per heavy atom. The van der Waals surface area contributed by atoms with E-state index in [-0.39, 0.29) is 0 Å². The molecule has 1 N–H and O–H groups in total. The molecule has 0 amide bonds. The fourth-order valence-corrected chi connectivity index (χ4v) is 4.75. The van der Waals surface area contributed by atoms with Gasteiger partial charge in [-0.05, 0) is 66.5 Å². The van der Waals surface area contributed by atoms with Gasteiger partial charge in [0.25, 0.3) is 0 Å². The van der Waals surface area contributed by atoms with E-state index in [1.165, 1.54) is 36.0 Å². The molecule has 1 aromatic rings. The number of aryl methyl sites for hydroxylation is 1. The molecule has 0 aromatic heterocycles. The molecule has 3 unspecified atom stereocenters. The normalized spacial score (nSPS) is 34.6. The van der Waals surface area contributed by atoms with Gasteiger partial charge in [0, 0.05) is 12.6 Å². The quantitative estimate of drug-likeness (QED) is 0.846. The Hall–Kier alpha value is -0.820. The second-order valence-corrected chi connectivity index (χ2v) is 7.90. The maximum Gasteiger partial charge on any atom is 0.0211 e. The summed E-state index contributed by atoms with van der Waals surface area (Å²) >= 11 is 0. The van der Waals surface area contributed by atoms with Crippen molar-refractivity contribution in [1.29, 1.82) is 0 Å². The monoisotopic (exact) mass is 271 g/mol. The molecule has 2 fully saturated rings. The summed E-state index contributed by atoms with van der Waals surface area (Å²) in [6, 6.07) is 7.36. The zero-order chi connectivity index (χ0) is 14.5. The Balaban J connectivity index is 1.73. The predicted octanol–water partition coefficient (Wildman–Crippen LogP) is 4.61. The van der Waals surface area contributed by atoms with Crippen LogP contribution in [0.4, 0.5) is 0 Å². The first-order valence-electron chi connectivity index (χ1n) is 8.15. The molecular weight excluding hydrogens is 242 g/mol. The molecular formula is C19H29N. The highest BCUT2D eigenvalue weighted by molar-refractivity contribution is 5.33. The highest BCUT2D eigenvalue weighted by Crippen LogP contribution is 2.65. The Bertz CT molecular complexity index is 516. The maximum absolute atomic E-state index is 3.89. The third-order valence-electron chi connectivity index (χ3n) is 7.05. The summed E-state index contributed by atoms with van der Waals surface area (Å²) in [5.74, 6) is 0.920. The van der Waals surface area contributed by atoms with Crippen LogP contribution >= 0.6 is 0 Å². The van der Waals surface area contributed by atoms with Gasteiger partial charge >= 0.3 is 0 Å². The average molecular weight is 271 g/mol. The number of fused-ring (bicyclic) bond motifs is 2. The molecule has 0 radical (unpaired) electrons. The second-order valence-electron chi connectivity index (χ2n) is 7.90. The Labute approximate surface area is 124 Å². The molecule has 3 atom stereocenters. The number of rotatable bonds is 3. The lowest BCUT2D eigenvalue weighted by molar-refractivity contribution is 0.120. The van der Waals surface area contributed by atoms with Crippen molar-refractivity contribution in [2.75, 3.05) is 0 Å². The smallest absolute Gasteiger partial charge is 0.0211 e. The summed E-state index contributed by atoms with van der Waals surface area (Å²) in [6.07, 6.45) is 4.20. The van der Waals surface area contributed by atoms with Gasteiger partial charge in [-0.3, -0.25) is 0 Å². The molecule has 110 valence electrons. The first kappa shape index (κ1) is 14.1. The van der Waals surface area contributed by atoms with Crippen molar-refractivity contribution < 1.29 is 0 Å². The van der Waals surface area contributed by atoms with Gasteiger partial charge in [0.15, 0.2) is 0 Å². The summed E-state index contributed by atoms with van der Waals surface area (Å²) in [4.78, 5) is 0. The van der Waals surface area contributed by atoms with Crippen molar-refractivity contribution in [3.8, 4) is 0 Å². The summed E-state index contributed by atoms with van der Waals surface area (Å²) < 4.78 is 0. The highest BCUT2D eigenvalue weighted by Gasteiger charge is 2.60. The van der Waals surface area contributed by atoms with Crippen molar-refractivity contribution in [2.45, 2.75) is 66.5 Å². The maximum atomic E-state index is 3.89. The van der Waals surface area contributed by atoms with Gasteiger partial charge in [-0.2, -0.15) is 0 Å². The van der Waals surface area contributed by atoms with Crippen LogP contribution in [0.3, 0.4) is 0 Å². The number of hydrogen-bond acceptors (Lipinski definition) is 1. The largest absolute Gasteiger partial charge is 0.309 e. The Kier molecular flexibility index (Phi) is 3.25. The molecule has 20 heavy (non-hydrogen) atoms. The fraction of sp³-hybridized carbons (Fsp3) is 0.684. The first-order valence-corrected chi connectivity index (χ1v) is 8.15. The minimum absolute atomic E-state index is 0.482. The van der Waals surface area contributed by atoms with Crippen molar-refractivity contribution in [1.82, 2.24) is 5.32 Å². The van der Waals surface area contributed by atoms with E-state index in [9.17, 15) is 0 Å². The van der Waals surface area contributed by atoms with Crippen molar-refractivity contribution in [3.63, 3.8) is 0 Å². The van der Waals surface area contributed by atoms with E-state index in [0.29, 0.717) is 16.9 Å². The molecule has 3 rings (SSSR count). The highest BCUT2D eigenvalue weighted by atomic mass is 15.0. The van der Waals surface area contributed by atoms with E-state index in [0.717, 1.165) is 12.5 Å². The summed E-state index contributed by atoms with van der Waals surface area (Å²) in [5, 5.41) is 3.89. The van der Waals surface area contributed by atoms with Crippen LogP contribution in [-0.2, 0) is 6.54 Å². The zero-order valence-corrected chi connectivity index (χ0v) is 13.7. The number of nitrogens with one attached hydrogen (secondary N) is 1. The van der Waals surface area contributed by atoms with Gasteiger partial charge in [-0.15, -0.1) is 0 Å². The van der Waals surface area contributed by atoms with Gasteiger partial charge < -0.3 is 5.32 Å². The lowest BCUT2D eigenvalue weighted by Crippen LogP contribution is -2.44. The lowest BCUT2D eigenvalue weighted by atomic mass is 9.69. The Morgan fingerprint density at radius 1 is 1.20 bits per heavy atom. The molecule has 0 aliphatic heterocycles. The van der Waals surface area contributed by atoms with Gasteiger partial charge in [0.05, 0.1) is 0 Å². The van der Waals surface area contributed by atoms with Crippen LogP contribution < -0.4 is 5.32 Å². The standard InChI is InChI=1S/C19H29N/c1-13-7-6-8-15(14(13)2)12-20-17-11-16-9-10-19(17,5)18(16,3)4/h6-8,16-17,20H,9-12H2,1-5H3. The molecule has 2 aliphatic rings. The van der Waals surface area contributed by atoms with Crippen LogP contribution in [0.15, 0.2) is 18.2 Å². The van der Waals surface area contributed by atoms with Crippen LogP contribution in [0, 0.1) is 30.6 Å². The SMILES string of the molecule is Cc1cccc(CNC2CC3CCC2(C)C3(C)C)c1C. The van der Waals surface area contributed by atoms with E-state index < -0.39 is 0 Å². The van der Waals surface area contributed by atoms with Gasteiger partial charge in [-0.25, -0.2) is 0 Å². The van der Waals surface area contributed by atoms with E-state index in [1.54, 1.807) is 0 Å². The molecule has 2 saturated carbocycles. The van der Waals surface area contributed by atoms with E-state index in [2.05, 4.69) is 58.1 Å². The minimum Gasteiger partial charge on any atom is -0.309 e. The molecule has 0 heterocycles. The van der Waals surface area contributed by atoms with Gasteiger partial charge in [0.1, 0.15) is 0 Å². The molecule has 2 bridgehead atoms. The molecule has 1 heteroatoms. The van der Waals surface area contributed by atoms with Crippen LogP contribution in [-0.4, -0.2) is 6.04 Å².